The number of nitrogens with zero attached hydrogens (tertiary/aromatic N) is 3. The lowest BCUT2D eigenvalue weighted by Crippen LogP contribution is -2.33. The molecule has 86 valence electrons. The number of rotatable bonds is 3. The molecule has 1 heterocycles. The number of anilines is 1. The molecule has 0 N–H and O–H groups in total. The maximum absolute atomic E-state index is 8.92. The van der Waals surface area contributed by atoms with Crippen LogP contribution in [0.5, 0.6) is 0 Å². The van der Waals surface area contributed by atoms with Crippen molar-refractivity contribution in [2.24, 2.45) is 5.92 Å². The molecule has 16 heavy (non-hydrogen) atoms. The summed E-state index contributed by atoms with van der Waals surface area (Å²) in [5.74, 6) is 1.43. The van der Waals surface area contributed by atoms with E-state index >= 15 is 0 Å². The molecule has 1 aromatic rings. The Morgan fingerprint density at radius 2 is 1.94 bits per heavy atom. The first-order chi connectivity index (χ1) is 7.45. The van der Waals surface area contributed by atoms with Crippen LogP contribution in [0.1, 0.15) is 32.0 Å². The van der Waals surface area contributed by atoms with Gasteiger partial charge in [-0.3, -0.25) is 0 Å². The molecular weight excluding hydrogens is 198 g/mol. The molecule has 0 aromatic carbocycles. The van der Waals surface area contributed by atoms with E-state index in [4.69, 9.17) is 5.26 Å². The summed E-state index contributed by atoms with van der Waals surface area (Å²) in [6.07, 6.45) is 0. The molecule has 0 radical (unpaired) electrons. The Balaban J connectivity index is 3.04. The van der Waals surface area contributed by atoms with Gasteiger partial charge in [0.1, 0.15) is 5.82 Å². The zero-order valence-corrected chi connectivity index (χ0v) is 10.7. The van der Waals surface area contributed by atoms with Crippen LogP contribution < -0.4 is 4.90 Å². The third-order valence-electron chi connectivity index (χ3n) is 3.01. The molecule has 0 fully saturated rings. The van der Waals surface area contributed by atoms with Crippen molar-refractivity contribution in [2.45, 2.75) is 33.7 Å². The highest BCUT2D eigenvalue weighted by atomic mass is 15.2. The van der Waals surface area contributed by atoms with Crippen LogP contribution in [0.3, 0.4) is 0 Å². The first-order valence-corrected chi connectivity index (χ1v) is 5.57. The van der Waals surface area contributed by atoms with Gasteiger partial charge >= 0.3 is 0 Å². The molecule has 1 unspecified atom stereocenters. The highest BCUT2D eigenvalue weighted by Gasteiger charge is 2.15. The van der Waals surface area contributed by atoms with E-state index < -0.39 is 0 Å². The molecule has 0 aliphatic heterocycles. The van der Waals surface area contributed by atoms with E-state index in [0.29, 0.717) is 17.5 Å². The van der Waals surface area contributed by atoms with Crippen molar-refractivity contribution in [3.05, 3.63) is 23.4 Å². The molecule has 0 spiro atoms. The van der Waals surface area contributed by atoms with Crippen molar-refractivity contribution in [1.29, 1.82) is 5.26 Å². The van der Waals surface area contributed by atoms with E-state index in [1.165, 1.54) is 0 Å². The van der Waals surface area contributed by atoms with Gasteiger partial charge in [0, 0.05) is 18.8 Å². The van der Waals surface area contributed by atoms with E-state index in [1.807, 2.05) is 20.0 Å². The predicted octanol–water partition coefficient (Wildman–Crippen LogP) is 2.74. The second-order valence-electron chi connectivity index (χ2n) is 4.56. The van der Waals surface area contributed by atoms with Gasteiger partial charge in [-0.1, -0.05) is 13.8 Å². The van der Waals surface area contributed by atoms with Crippen molar-refractivity contribution in [2.75, 3.05) is 11.9 Å². The van der Waals surface area contributed by atoms with Crippen LogP contribution >= 0.6 is 0 Å². The number of aryl methyl sites for hydroxylation is 1. The largest absolute Gasteiger partial charge is 0.357 e. The summed E-state index contributed by atoms with van der Waals surface area (Å²) >= 11 is 0. The van der Waals surface area contributed by atoms with Crippen LogP contribution in [-0.2, 0) is 0 Å². The second-order valence-corrected chi connectivity index (χ2v) is 4.56. The number of hydrogen-bond donors (Lipinski definition) is 0. The number of pyridine rings is 1. The maximum Gasteiger partial charge on any atom is 0.130 e. The average Bonchev–Trinajstić information content (AvgIpc) is 2.25. The molecule has 3 nitrogen and oxygen atoms in total. The van der Waals surface area contributed by atoms with Crippen molar-refractivity contribution < 1.29 is 0 Å². The van der Waals surface area contributed by atoms with Crippen LogP contribution in [0, 0.1) is 24.2 Å². The van der Waals surface area contributed by atoms with Crippen molar-refractivity contribution in [3.8, 4) is 6.07 Å². The fraction of sp³-hybridized carbons (Fsp3) is 0.538. The van der Waals surface area contributed by atoms with Gasteiger partial charge in [-0.05, 0) is 31.9 Å². The van der Waals surface area contributed by atoms with E-state index in [0.717, 1.165) is 11.5 Å². The fourth-order valence-corrected chi connectivity index (χ4v) is 1.55. The molecule has 1 atom stereocenters. The van der Waals surface area contributed by atoms with Gasteiger partial charge < -0.3 is 4.90 Å². The summed E-state index contributed by atoms with van der Waals surface area (Å²) in [6, 6.07) is 6.21. The normalized spacial score (nSPS) is 12.3. The molecule has 0 saturated carbocycles. The molecule has 0 aliphatic carbocycles. The van der Waals surface area contributed by atoms with Gasteiger partial charge in [0.25, 0.3) is 0 Å². The Bertz CT molecular complexity index is 404. The summed E-state index contributed by atoms with van der Waals surface area (Å²) < 4.78 is 0. The number of aromatic nitrogens is 1. The fourth-order valence-electron chi connectivity index (χ4n) is 1.55. The van der Waals surface area contributed by atoms with E-state index in [-0.39, 0.29) is 0 Å². The zero-order chi connectivity index (χ0) is 12.3. The first kappa shape index (κ1) is 12.5. The van der Waals surface area contributed by atoms with Crippen molar-refractivity contribution >= 4 is 5.82 Å². The molecule has 1 aromatic heterocycles. The standard InChI is InChI=1S/C13H19N3/c1-9(2)11(4)16(5)13-7-12(8-14)6-10(3)15-13/h6-7,9,11H,1-5H3. The zero-order valence-electron chi connectivity index (χ0n) is 10.7. The minimum atomic E-state index is 0.404. The molecule has 0 saturated heterocycles. The number of nitriles is 1. The third-order valence-corrected chi connectivity index (χ3v) is 3.01. The third kappa shape index (κ3) is 2.73. The SMILES string of the molecule is Cc1cc(C#N)cc(N(C)C(C)C(C)C)n1. The van der Waals surface area contributed by atoms with Crippen molar-refractivity contribution in [1.82, 2.24) is 4.98 Å². The van der Waals surface area contributed by atoms with Gasteiger partial charge in [-0.2, -0.15) is 5.26 Å². The summed E-state index contributed by atoms with van der Waals surface area (Å²) in [5.41, 5.74) is 1.56. The molecule has 0 aliphatic rings. The highest BCUT2D eigenvalue weighted by Crippen LogP contribution is 2.18. The Labute approximate surface area is 97.7 Å². The van der Waals surface area contributed by atoms with Crippen LogP contribution in [0.15, 0.2) is 12.1 Å². The Morgan fingerprint density at radius 3 is 2.44 bits per heavy atom. The monoisotopic (exact) mass is 217 g/mol. The molecule has 1 rings (SSSR count). The summed E-state index contributed by atoms with van der Waals surface area (Å²) in [7, 11) is 2.02. The Hall–Kier alpha value is -1.56. The van der Waals surface area contributed by atoms with E-state index in [2.05, 4.69) is 36.7 Å². The van der Waals surface area contributed by atoms with Gasteiger partial charge in [0.15, 0.2) is 0 Å². The maximum atomic E-state index is 8.92. The van der Waals surface area contributed by atoms with E-state index in [9.17, 15) is 0 Å². The minimum Gasteiger partial charge on any atom is -0.357 e. The topological polar surface area (TPSA) is 39.9 Å². The summed E-state index contributed by atoms with van der Waals surface area (Å²) in [6.45, 7) is 8.45. The van der Waals surface area contributed by atoms with Crippen LogP contribution in [0.4, 0.5) is 5.82 Å². The lowest BCUT2D eigenvalue weighted by atomic mass is 10.1. The van der Waals surface area contributed by atoms with Crippen molar-refractivity contribution in [3.63, 3.8) is 0 Å². The van der Waals surface area contributed by atoms with Gasteiger partial charge in [-0.25, -0.2) is 4.98 Å². The van der Waals surface area contributed by atoms with Gasteiger partial charge in [0.2, 0.25) is 0 Å². The van der Waals surface area contributed by atoms with Crippen LogP contribution in [-0.4, -0.2) is 18.1 Å². The Morgan fingerprint density at radius 1 is 1.31 bits per heavy atom. The lowest BCUT2D eigenvalue weighted by molar-refractivity contribution is 0.502. The highest BCUT2D eigenvalue weighted by molar-refractivity contribution is 5.46. The smallest absolute Gasteiger partial charge is 0.130 e. The second kappa shape index (κ2) is 4.98. The molecule has 3 heteroatoms. The molecular formula is C13H19N3. The average molecular weight is 217 g/mol. The first-order valence-electron chi connectivity index (χ1n) is 5.57. The van der Waals surface area contributed by atoms with E-state index in [1.54, 1.807) is 6.07 Å². The van der Waals surface area contributed by atoms with Crippen LogP contribution in [0.2, 0.25) is 0 Å². The Kier molecular flexibility index (Phi) is 3.89. The molecule has 0 bridgehead atoms. The summed E-state index contributed by atoms with van der Waals surface area (Å²) in [4.78, 5) is 6.58. The minimum absolute atomic E-state index is 0.404. The van der Waals surface area contributed by atoms with Crippen LogP contribution in [0.25, 0.3) is 0 Å². The van der Waals surface area contributed by atoms with Gasteiger partial charge in [-0.15, -0.1) is 0 Å². The lowest BCUT2D eigenvalue weighted by Gasteiger charge is -2.29. The predicted molar refractivity (Wildman–Crippen MR) is 66.4 cm³/mol. The number of hydrogen-bond acceptors (Lipinski definition) is 3. The summed E-state index contributed by atoms with van der Waals surface area (Å²) in [5, 5.41) is 8.92. The molecule has 0 amide bonds. The quantitative estimate of drug-likeness (QED) is 0.781. The van der Waals surface area contributed by atoms with Gasteiger partial charge in [0.05, 0.1) is 11.6 Å².